The molecule has 7 heteroatoms. The predicted molar refractivity (Wildman–Crippen MR) is 84.9 cm³/mol. The zero-order chi connectivity index (χ0) is 16.2. The number of hydrogen-bond acceptors (Lipinski definition) is 5. The van der Waals surface area contributed by atoms with Gasteiger partial charge in [0.05, 0.1) is 12.8 Å². The molecule has 0 saturated carbocycles. The predicted octanol–water partition coefficient (Wildman–Crippen LogP) is 1.14. The Bertz CT molecular complexity index is 571. The monoisotopic (exact) mass is 315 g/mol. The third-order valence-electron chi connectivity index (χ3n) is 3.18. The Balaban J connectivity index is 3.04. The lowest BCUT2D eigenvalue weighted by atomic mass is 10.1. The van der Waals surface area contributed by atoms with Crippen LogP contribution in [-0.2, 0) is 10.0 Å². The van der Waals surface area contributed by atoms with Crippen LogP contribution in [0.3, 0.4) is 0 Å². The number of hydrogen-bond donors (Lipinski definition) is 2. The highest BCUT2D eigenvalue weighted by Crippen LogP contribution is 2.24. The topological polar surface area (TPSA) is 84.7 Å². The van der Waals surface area contributed by atoms with E-state index in [0.717, 1.165) is 0 Å². The van der Waals surface area contributed by atoms with Crippen LogP contribution in [0.25, 0.3) is 0 Å². The average Bonchev–Trinajstić information content (AvgIpc) is 2.36. The molecule has 6 nitrogen and oxygen atoms in total. The Hall–Kier alpha value is -1.31. The summed E-state index contributed by atoms with van der Waals surface area (Å²) < 4.78 is 32.8. The molecule has 0 saturated heterocycles. The average molecular weight is 315 g/mol. The van der Waals surface area contributed by atoms with Crippen LogP contribution in [-0.4, -0.2) is 47.1 Å². The van der Waals surface area contributed by atoms with Gasteiger partial charge in [-0.25, -0.2) is 13.1 Å². The molecule has 0 radical (unpaired) electrons. The SMILES string of the molecule is COc1ccc(S(=O)(=O)NC(CN(C)C)C(C)C)c(N)c1. The zero-order valence-electron chi connectivity index (χ0n) is 13.3. The van der Waals surface area contributed by atoms with Crippen LogP contribution in [0.15, 0.2) is 23.1 Å². The first-order valence-electron chi connectivity index (χ1n) is 6.78. The molecule has 0 aromatic heterocycles. The Labute approximate surface area is 127 Å². The van der Waals surface area contributed by atoms with E-state index in [-0.39, 0.29) is 22.5 Å². The van der Waals surface area contributed by atoms with E-state index in [0.29, 0.717) is 12.3 Å². The molecule has 1 aromatic carbocycles. The minimum Gasteiger partial charge on any atom is -0.497 e. The summed E-state index contributed by atoms with van der Waals surface area (Å²) in [6.45, 7) is 4.58. The zero-order valence-corrected chi connectivity index (χ0v) is 14.1. The highest BCUT2D eigenvalue weighted by Gasteiger charge is 2.24. The fourth-order valence-corrected chi connectivity index (χ4v) is 3.43. The van der Waals surface area contributed by atoms with Crippen molar-refractivity contribution in [3.05, 3.63) is 18.2 Å². The van der Waals surface area contributed by atoms with Crippen molar-refractivity contribution in [2.24, 2.45) is 5.92 Å². The maximum absolute atomic E-state index is 12.5. The molecule has 1 rings (SSSR count). The van der Waals surface area contributed by atoms with Crippen LogP contribution in [0, 0.1) is 5.92 Å². The Morgan fingerprint density at radius 2 is 1.95 bits per heavy atom. The van der Waals surface area contributed by atoms with Crippen LogP contribution in [0.5, 0.6) is 5.75 Å². The lowest BCUT2D eigenvalue weighted by Gasteiger charge is -2.25. The largest absolute Gasteiger partial charge is 0.497 e. The molecule has 21 heavy (non-hydrogen) atoms. The van der Waals surface area contributed by atoms with Gasteiger partial charge in [0.15, 0.2) is 0 Å². The molecule has 0 heterocycles. The van der Waals surface area contributed by atoms with Crippen molar-refractivity contribution < 1.29 is 13.2 Å². The highest BCUT2D eigenvalue weighted by atomic mass is 32.2. The fraction of sp³-hybridized carbons (Fsp3) is 0.571. The molecule has 0 spiro atoms. The second-order valence-corrected chi connectivity index (χ2v) is 7.32. The van der Waals surface area contributed by atoms with Crippen molar-refractivity contribution in [2.75, 3.05) is 33.5 Å². The maximum atomic E-state index is 12.5. The summed E-state index contributed by atoms with van der Waals surface area (Å²) in [6.07, 6.45) is 0. The van der Waals surface area contributed by atoms with Crippen molar-refractivity contribution in [2.45, 2.75) is 24.8 Å². The summed E-state index contributed by atoms with van der Waals surface area (Å²) in [7, 11) is 1.66. The molecule has 0 bridgehead atoms. The fourth-order valence-electron chi connectivity index (χ4n) is 1.94. The van der Waals surface area contributed by atoms with Gasteiger partial charge in [0.1, 0.15) is 10.6 Å². The summed E-state index contributed by atoms with van der Waals surface area (Å²) in [5.74, 6) is 0.696. The molecular formula is C14H25N3O3S. The molecule has 3 N–H and O–H groups in total. The van der Waals surface area contributed by atoms with Gasteiger partial charge in [-0.2, -0.15) is 0 Å². The third-order valence-corrected chi connectivity index (χ3v) is 4.74. The number of ether oxygens (including phenoxy) is 1. The lowest BCUT2D eigenvalue weighted by molar-refractivity contribution is 0.314. The van der Waals surface area contributed by atoms with Gasteiger partial charge in [-0.3, -0.25) is 0 Å². The standard InChI is InChI=1S/C14H25N3O3S/c1-10(2)13(9-17(3)4)16-21(18,19)14-7-6-11(20-5)8-12(14)15/h6-8,10,13,16H,9,15H2,1-5H3. The second-order valence-electron chi connectivity index (χ2n) is 5.64. The van der Waals surface area contributed by atoms with Crippen LogP contribution < -0.4 is 15.2 Å². The van der Waals surface area contributed by atoms with Crippen LogP contribution in [0.2, 0.25) is 0 Å². The molecule has 0 fully saturated rings. The number of nitrogen functional groups attached to an aromatic ring is 1. The Morgan fingerprint density at radius 1 is 1.33 bits per heavy atom. The second kappa shape index (κ2) is 7.11. The van der Waals surface area contributed by atoms with Gasteiger partial charge < -0.3 is 15.4 Å². The lowest BCUT2D eigenvalue weighted by Crippen LogP contribution is -2.45. The molecular weight excluding hydrogens is 290 g/mol. The van der Waals surface area contributed by atoms with Gasteiger partial charge in [-0.05, 0) is 32.1 Å². The van der Waals surface area contributed by atoms with Crippen LogP contribution in [0.1, 0.15) is 13.8 Å². The quantitative estimate of drug-likeness (QED) is 0.737. The van der Waals surface area contributed by atoms with Gasteiger partial charge in [-0.15, -0.1) is 0 Å². The van der Waals surface area contributed by atoms with Crippen LogP contribution >= 0.6 is 0 Å². The normalized spacial score (nSPS) is 13.7. The minimum absolute atomic E-state index is 0.0766. The number of methoxy groups -OCH3 is 1. The molecule has 0 aliphatic carbocycles. The number of anilines is 1. The highest BCUT2D eigenvalue weighted by molar-refractivity contribution is 7.89. The van der Waals surface area contributed by atoms with E-state index in [9.17, 15) is 8.42 Å². The number of likely N-dealkylation sites (N-methyl/N-ethyl adjacent to an activating group) is 1. The van der Waals surface area contributed by atoms with E-state index in [2.05, 4.69) is 4.72 Å². The number of nitrogens with one attached hydrogen (secondary N) is 1. The molecule has 0 aliphatic rings. The Morgan fingerprint density at radius 3 is 2.38 bits per heavy atom. The van der Waals surface area contributed by atoms with Gasteiger partial charge in [0.2, 0.25) is 10.0 Å². The summed E-state index contributed by atoms with van der Waals surface area (Å²) in [4.78, 5) is 2.03. The molecule has 1 aromatic rings. The maximum Gasteiger partial charge on any atom is 0.242 e. The smallest absolute Gasteiger partial charge is 0.242 e. The summed E-state index contributed by atoms with van der Waals surface area (Å²) in [5, 5.41) is 0. The van der Waals surface area contributed by atoms with Gasteiger partial charge >= 0.3 is 0 Å². The number of nitrogens with two attached hydrogens (primary N) is 1. The first-order valence-corrected chi connectivity index (χ1v) is 8.26. The van der Waals surface area contributed by atoms with E-state index in [1.807, 2.05) is 32.8 Å². The third kappa shape index (κ3) is 4.87. The van der Waals surface area contributed by atoms with Gasteiger partial charge in [0, 0.05) is 18.7 Å². The van der Waals surface area contributed by atoms with Crippen LogP contribution in [0.4, 0.5) is 5.69 Å². The van der Waals surface area contributed by atoms with Crippen molar-refractivity contribution in [3.63, 3.8) is 0 Å². The summed E-state index contributed by atoms with van der Waals surface area (Å²) >= 11 is 0. The molecule has 0 amide bonds. The van der Waals surface area contributed by atoms with E-state index in [1.165, 1.54) is 19.2 Å². The van der Waals surface area contributed by atoms with Gasteiger partial charge in [-0.1, -0.05) is 13.8 Å². The number of sulfonamides is 1. The molecule has 120 valence electrons. The van der Waals surface area contributed by atoms with Crippen molar-refractivity contribution in [1.82, 2.24) is 9.62 Å². The first kappa shape index (κ1) is 17.7. The van der Waals surface area contributed by atoms with Crippen molar-refractivity contribution >= 4 is 15.7 Å². The molecule has 1 atom stereocenters. The minimum atomic E-state index is -3.66. The Kier molecular flexibility index (Phi) is 6.00. The summed E-state index contributed by atoms with van der Waals surface area (Å²) in [6, 6.07) is 4.36. The molecule has 0 aliphatic heterocycles. The van der Waals surface area contributed by atoms with E-state index >= 15 is 0 Å². The van der Waals surface area contributed by atoms with Crippen molar-refractivity contribution in [3.8, 4) is 5.75 Å². The van der Waals surface area contributed by atoms with E-state index in [1.54, 1.807) is 6.07 Å². The number of rotatable bonds is 7. The number of nitrogens with zero attached hydrogens (tertiary/aromatic N) is 1. The number of benzene rings is 1. The van der Waals surface area contributed by atoms with E-state index in [4.69, 9.17) is 10.5 Å². The molecule has 1 unspecified atom stereocenters. The van der Waals surface area contributed by atoms with E-state index < -0.39 is 10.0 Å². The summed E-state index contributed by atoms with van der Waals surface area (Å²) in [5.41, 5.74) is 6.00. The first-order chi connectivity index (χ1) is 9.67. The van der Waals surface area contributed by atoms with Gasteiger partial charge in [0.25, 0.3) is 0 Å². The van der Waals surface area contributed by atoms with Crippen molar-refractivity contribution in [1.29, 1.82) is 0 Å².